The van der Waals surface area contributed by atoms with Gasteiger partial charge in [0.05, 0.1) is 6.61 Å². The van der Waals surface area contributed by atoms with Crippen LogP contribution < -0.4 is 16.8 Å². The number of methoxy groups -OCH3 is 1. The van der Waals surface area contributed by atoms with Gasteiger partial charge >= 0.3 is 0 Å². The Morgan fingerprint density at radius 3 is 1.95 bits per heavy atom. The summed E-state index contributed by atoms with van der Waals surface area (Å²) >= 11 is 0. The molecule has 8 heteroatoms. The number of likely N-dealkylation sites (tertiary alicyclic amines) is 1. The van der Waals surface area contributed by atoms with E-state index in [1.807, 2.05) is 31.4 Å². The molecule has 6 rings (SSSR count). The van der Waals surface area contributed by atoms with E-state index < -0.39 is 23.0 Å². The zero-order chi connectivity index (χ0) is 30.2. The number of hydrogen-bond acceptors (Lipinski definition) is 6. The highest BCUT2D eigenvalue weighted by Gasteiger charge is 2.57. The number of benzene rings is 2. The summed E-state index contributed by atoms with van der Waals surface area (Å²) < 4.78 is 13.8. The van der Waals surface area contributed by atoms with Gasteiger partial charge in [-0.3, -0.25) is 9.59 Å². The number of nitrogens with two attached hydrogens (primary N) is 2. The fourth-order valence-corrected chi connectivity index (χ4v) is 9.45. The molecule has 2 aromatic rings. The minimum Gasteiger partial charge on any atom is -0.373 e. The van der Waals surface area contributed by atoms with E-state index in [9.17, 15) is 9.59 Å². The molecule has 4 bridgehead atoms. The standard InChI is InChI=1S/C35H48N4O4/c1-3-13-39-20-30-14-23(15-31(21-39)34(30,42-2)26-9-4-7-24(16-26)32(36)40)22-43-35(27-10-5-8-25(17-27)33(37)41)28-11-6-12-29(35)19-38-18-28/h4-5,7-10,16-17,23,28-31,38H,3,6,11-15,18-22H2,1-2H3,(H2,36,40)(H2,37,41). The largest absolute Gasteiger partial charge is 0.373 e. The molecule has 8 nitrogen and oxygen atoms in total. The predicted molar refractivity (Wildman–Crippen MR) is 166 cm³/mol. The van der Waals surface area contributed by atoms with Gasteiger partial charge in [0, 0.05) is 68.1 Å². The molecule has 2 saturated carbocycles. The van der Waals surface area contributed by atoms with Crippen molar-refractivity contribution in [1.82, 2.24) is 10.2 Å². The number of piperidine rings is 2. The highest BCUT2D eigenvalue weighted by molar-refractivity contribution is 5.93. The molecule has 0 spiro atoms. The Morgan fingerprint density at radius 2 is 1.44 bits per heavy atom. The first-order valence-electron chi connectivity index (χ1n) is 16.2. The third-order valence-electron chi connectivity index (χ3n) is 11.1. The number of rotatable bonds is 10. The average molecular weight is 589 g/mol. The minimum absolute atomic E-state index is 0.259. The summed E-state index contributed by atoms with van der Waals surface area (Å²) in [6.45, 7) is 7.74. The lowest BCUT2D eigenvalue weighted by Crippen LogP contribution is -2.61. The Morgan fingerprint density at radius 1 is 0.884 bits per heavy atom. The summed E-state index contributed by atoms with van der Waals surface area (Å²) in [5.74, 6) is 0.787. The van der Waals surface area contributed by atoms with Gasteiger partial charge in [-0.15, -0.1) is 0 Å². The van der Waals surface area contributed by atoms with Crippen LogP contribution in [0.3, 0.4) is 0 Å². The van der Waals surface area contributed by atoms with Gasteiger partial charge in [0.2, 0.25) is 11.8 Å². The Balaban J connectivity index is 1.31. The van der Waals surface area contributed by atoms with Crippen molar-refractivity contribution in [3.63, 3.8) is 0 Å². The first-order valence-corrected chi connectivity index (χ1v) is 16.2. The summed E-state index contributed by atoms with van der Waals surface area (Å²) in [7, 11) is 1.83. The first kappa shape index (κ1) is 30.3. The molecular weight excluding hydrogens is 540 g/mol. The zero-order valence-corrected chi connectivity index (χ0v) is 25.7. The predicted octanol–water partition coefficient (Wildman–Crippen LogP) is 4.03. The van der Waals surface area contributed by atoms with E-state index in [0.717, 1.165) is 76.0 Å². The molecule has 2 amide bonds. The van der Waals surface area contributed by atoms with Crippen LogP contribution in [0.4, 0.5) is 0 Å². The average Bonchev–Trinajstić information content (AvgIpc) is 2.99. The molecular formula is C35H48N4O4. The van der Waals surface area contributed by atoms with Crippen molar-refractivity contribution in [3.8, 4) is 0 Å². The number of primary amides is 2. The SMILES string of the molecule is CCCN1CC2CC(COC3(c4cccc(C(N)=O)c4)C4CCCC3CNC4)CC(C1)C2(OC)c1cccc(C(N)=O)c1. The zero-order valence-electron chi connectivity index (χ0n) is 25.7. The molecule has 0 aromatic heterocycles. The van der Waals surface area contributed by atoms with Crippen LogP contribution in [0.5, 0.6) is 0 Å². The first-order chi connectivity index (χ1) is 20.8. The molecule has 5 N–H and O–H groups in total. The van der Waals surface area contributed by atoms with Crippen molar-refractivity contribution in [3.05, 3.63) is 70.8 Å². The van der Waals surface area contributed by atoms with E-state index in [-0.39, 0.29) is 11.8 Å². The van der Waals surface area contributed by atoms with Crippen molar-refractivity contribution in [1.29, 1.82) is 0 Å². The van der Waals surface area contributed by atoms with E-state index in [2.05, 4.69) is 29.3 Å². The van der Waals surface area contributed by atoms with Crippen LogP contribution in [-0.2, 0) is 20.7 Å². The monoisotopic (exact) mass is 588 g/mol. The van der Waals surface area contributed by atoms with Crippen molar-refractivity contribution in [2.45, 2.75) is 56.7 Å². The van der Waals surface area contributed by atoms with E-state index in [0.29, 0.717) is 35.5 Å². The second-order valence-electron chi connectivity index (χ2n) is 13.5. The number of ether oxygens (including phenoxy) is 2. The van der Waals surface area contributed by atoms with E-state index in [1.165, 1.54) is 6.42 Å². The third kappa shape index (κ3) is 5.30. The molecule has 4 fully saturated rings. The van der Waals surface area contributed by atoms with Crippen LogP contribution in [0.2, 0.25) is 0 Å². The molecule has 2 aliphatic heterocycles. The quantitative estimate of drug-likeness (QED) is 0.386. The second-order valence-corrected chi connectivity index (χ2v) is 13.5. The minimum atomic E-state index is -0.467. The van der Waals surface area contributed by atoms with Crippen LogP contribution >= 0.6 is 0 Å². The van der Waals surface area contributed by atoms with Gasteiger partial charge in [0.1, 0.15) is 11.2 Å². The number of nitrogens with one attached hydrogen (secondary N) is 1. The van der Waals surface area contributed by atoms with Crippen molar-refractivity contribution in [2.75, 3.05) is 46.4 Å². The summed E-state index contributed by atoms with van der Waals surface area (Å²) in [5, 5.41) is 3.66. The molecule has 43 heavy (non-hydrogen) atoms. The van der Waals surface area contributed by atoms with E-state index in [1.54, 1.807) is 12.1 Å². The molecule has 0 radical (unpaired) electrons. The van der Waals surface area contributed by atoms with Gasteiger partial charge in [-0.25, -0.2) is 0 Å². The van der Waals surface area contributed by atoms with Crippen LogP contribution in [0.25, 0.3) is 0 Å². The normalized spacial score (nSPS) is 34.0. The number of fused-ring (bicyclic) bond motifs is 4. The number of nitrogens with zero attached hydrogens (tertiary/aromatic N) is 1. The molecule has 2 aliphatic carbocycles. The molecule has 2 heterocycles. The summed E-state index contributed by atoms with van der Waals surface area (Å²) in [6.07, 6.45) is 6.50. The molecule has 2 aromatic carbocycles. The van der Waals surface area contributed by atoms with Crippen LogP contribution in [0, 0.1) is 29.6 Å². The number of amides is 2. The number of carbonyl (C=O) groups is 2. The molecule has 2 saturated heterocycles. The van der Waals surface area contributed by atoms with Crippen LogP contribution in [0.1, 0.15) is 77.3 Å². The summed E-state index contributed by atoms with van der Waals surface area (Å²) in [4.78, 5) is 26.9. The molecule has 4 atom stereocenters. The van der Waals surface area contributed by atoms with Gasteiger partial charge < -0.3 is 31.2 Å². The van der Waals surface area contributed by atoms with Crippen molar-refractivity contribution < 1.29 is 19.1 Å². The van der Waals surface area contributed by atoms with Crippen LogP contribution in [-0.4, -0.2) is 63.2 Å². The van der Waals surface area contributed by atoms with Gasteiger partial charge in [-0.1, -0.05) is 37.6 Å². The highest BCUT2D eigenvalue weighted by Crippen LogP contribution is 2.55. The Labute approximate surface area is 255 Å². The smallest absolute Gasteiger partial charge is 0.248 e. The molecule has 232 valence electrons. The topological polar surface area (TPSA) is 120 Å². The van der Waals surface area contributed by atoms with Crippen molar-refractivity contribution >= 4 is 11.8 Å². The summed E-state index contributed by atoms with van der Waals surface area (Å²) in [6, 6.07) is 15.7. The van der Waals surface area contributed by atoms with Gasteiger partial charge in [-0.05, 0) is 80.0 Å². The van der Waals surface area contributed by atoms with Crippen molar-refractivity contribution in [2.24, 2.45) is 41.1 Å². The lowest BCUT2D eigenvalue weighted by atomic mass is 9.59. The molecule has 4 aliphatic rings. The second kappa shape index (κ2) is 12.3. The number of hydrogen-bond donors (Lipinski definition) is 3. The fraction of sp³-hybridized carbons (Fsp3) is 0.600. The Hall–Kier alpha value is -2.78. The van der Waals surface area contributed by atoms with Gasteiger partial charge in [0.15, 0.2) is 0 Å². The summed E-state index contributed by atoms with van der Waals surface area (Å²) in [5.41, 5.74) is 13.8. The Bertz CT molecular complexity index is 1290. The highest BCUT2D eigenvalue weighted by atomic mass is 16.5. The molecule has 4 unspecified atom stereocenters. The van der Waals surface area contributed by atoms with E-state index >= 15 is 0 Å². The lowest BCUT2D eigenvalue weighted by Gasteiger charge is -2.58. The van der Waals surface area contributed by atoms with E-state index in [4.69, 9.17) is 20.9 Å². The fourth-order valence-electron chi connectivity index (χ4n) is 9.45. The number of carbonyl (C=O) groups excluding carboxylic acids is 2. The Kier molecular flexibility index (Phi) is 8.66. The lowest BCUT2D eigenvalue weighted by molar-refractivity contribution is -0.206. The maximum Gasteiger partial charge on any atom is 0.248 e. The van der Waals surface area contributed by atoms with Gasteiger partial charge in [0.25, 0.3) is 0 Å². The third-order valence-corrected chi connectivity index (χ3v) is 11.1. The van der Waals surface area contributed by atoms with Gasteiger partial charge in [-0.2, -0.15) is 0 Å². The maximum absolute atomic E-state index is 12.2. The maximum atomic E-state index is 12.2. The van der Waals surface area contributed by atoms with Crippen LogP contribution in [0.15, 0.2) is 48.5 Å².